The van der Waals surface area contributed by atoms with Gasteiger partial charge in [-0.1, -0.05) is 32.0 Å². The summed E-state index contributed by atoms with van der Waals surface area (Å²) in [6, 6.07) is 7.31. The van der Waals surface area contributed by atoms with Gasteiger partial charge in [-0.15, -0.1) is 0 Å². The van der Waals surface area contributed by atoms with Crippen molar-refractivity contribution in [2.24, 2.45) is 11.7 Å². The van der Waals surface area contributed by atoms with Crippen LogP contribution in [0.4, 0.5) is 4.39 Å². The SMILES string of the molecule is CC(C)CCN(CC(N)c1ccccc1F)C1CC1. The monoisotopic (exact) mass is 264 g/mol. The number of benzene rings is 1. The Bertz CT molecular complexity index is 401. The van der Waals surface area contributed by atoms with Crippen molar-refractivity contribution in [3.63, 3.8) is 0 Å². The van der Waals surface area contributed by atoms with Gasteiger partial charge < -0.3 is 5.73 Å². The zero-order valence-corrected chi connectivity index (χ0v) is 12.0. The number of nitrogens with zero attached hydrogens (tertiary/aromatic N) is 1. The van der Waals surface area contributed by atoms with Gasteiger partial charge in [0.15, 0.2) is 0 Å². The van der Waals surface area contributed by atoms with Crippen LogP contribution in [-0.4, -0.2) is 24.0 Å². The number of hydrogen-bond acceptors (Lipinski definition) is 2. The van der Waals surface area contributed by atoms with E-state index in [1.807, 2.05) is 6.07 Å². The first kappa shape index (κ1) is 14.5. The van der Waals surface area contributed by atoms with Crippen LogP contribution in [0.3, 0.4) is 0 Å². The molecule has 1 saturated carbocycles. The number of halogens is 1. The summed E-state index contributed by atoms with van der Waals surface area (Å²) in [6.07, 6.45) is 3.71. The van der Waals surface area contributed by atoms with Crippen LogP contribution >= 0.6 is 0 Å². The largest absolute Gasteiger partial charge is 0.323 e. The molecule has 0 amide bonds. The summed E-state index contributed by atoms with van der Waals surface area (Å²) in [7, 11) is 0. The van der Waals surface area contributed by atoms with Gasteiger partial charge in [0.25, 0.3) is 0 Å². The molecule has 0 spiro atoms. The zero-order chi connectivity index (χ0) is 13.8. The first-order chi connectivity index (χ1) is 9.08. The van der Waals surface area contributed by atoms with Gasteiger partial charge in [0, 0.05) is 24.2 Å². The summed E-state index contributed by atoms with van der Waals surface area (Å²) >= 11 is 0. The van der Waals surface area contributed by atoms with Crippen LogP contribution in [0.5, 0.6) is 0 Å². The Balaban J connectivity index is 1.95. The predicted octanol–water partition coefficient (Wildman–Crippen LogP) is 3.34. The van der Waals surface area contributed by atoms with Crippen LogP contribution in [0, 0.1) is 11.7 Å². The van der Waals surface area contributed by atoms with Crippen molar-refractivity contribution in [3.05, 3.63) is 35.6 Å². The van der Waals surface area contributed by atoms with Gasteiger partial charge in [0.05, 0.1) is 0 Å². The Hall–Kier alpha value is -0.930. The molecule has 1 aromatic rings. The van der Waals surface area contributed by atoms with E-state index < -0.39 is 0 Å². The van der Waals surface area contributed by atoms with Crippen molar-refractivity contribution in [2.75, 3.05) is 13.1 Å². The van der Waals surface area contributed by atoms with Gasteiger partial charge in [-0.25, -0.2) is 4.39 Å². The van der Waals surface area contributed by atoms with E-state index >= 15 is 0 Å². The number of hydrogen-bond donors (Lipinski definition) is 1. The van der Waals surface area contributed by atoms with Crippen molar-refractivity contribution in [1.82, 2.24) is 4.90 Å². The van der Waals surface area contributed by atoms with E-state index in [2.05, 4.69) is 18.7 Å². The maximum absolute atomic E-state index is 13.7. The van der Waals surface area contributed by atoms with Crippen LogP contribution < -0.4 is 5.73 Å². The van der Waals surface area contributed by atoms with E-state index in [0.29, 0.717) is 17.5 Å². The van der Waals surface area contributed by atoms with E-state index in [9.17, 15) is 4.39 Å². The van der Waals surface area contributed by atoms with Crippen molar-refractivity contribution >= 4 is 0 Å². The Kier molecular flexibility index (Phi) is 4.94. The minimum Gasteiger partial charge on any atom is -0.323 e. The molecule has 1 unspecified atom stereocenters. The molecular formula is C16H25FN2. The summed E-state index contributed by atoms with van der Waals surface area (Å²) in [5, 5.41) is 0. The lowest BCUT2D eigenvalue weighted by Crippen LogP contribution is -2.35. The molecule has 0 saturated heterocycles. The quantitative estimate of drug-likeness (QED) is 0.818. The summed E-state index contributed by atoms with van der Waals surface area (Å²) in [5.41, 5.74) is 6.82. The van der Waals surface area contributed by atoms with Gasteiger partial charge in [-0.2, -0.15) is 0 Å². The lowest BCUT2D eigenvalue weighted by Gasteiger charge is -2.26. The minimum absolute atomic E-state index is 0.186. The standard InChI is InChI=1S/C16H25FN2/c1-12(2)9-10-19(13-7-8-13)11-16(18)14-5-3-4-6-15(14)17/h3-6,12-13,16H,7-11,18H2,1-2H3. The second-order valence-corrected chi connectivity index (χ2v) is 6.04. The highest BCUT2D eigenvalue weighted by molar-refractivity contribution is 5.21. The van der Waals surface area contributed by atoms with Crippen molar-refractivity contribution in [2.45, 2.75) is 45.2 Å². The average Bonchev–Trinajstić information content (AvgIpc) is 3.18. The molecular weight excluding hydrogens is 239 g/mol. The summed E-state index contributed by atoms with van der Waals surface area (Å²) in [6.45, 7) is 6.31. The maximum Gasteiger partial charge on any atom is 0.128 e. The lowest BCUT2D eigenvalue weighted by molar-refractivity contribution is 0.232. The smallest absolute Gasteiger partial charge is 0.128 e. The fraction of sp³-hybridized carbons (Fsp3) is 0.625. The van der Waals surface area contributed by atoms with Crippen molar-refractivity contribution in [1.29, 1.82) is 0 Å². The molecule has 3 heteroatoms. The summed E-state index contributed by atoms with van der Waals surface area (Å²) in [5.74, 6) is 0.514. The highest BCUT2D eigenvalue weighted by Crippen LogP contribution is 2.29. The fourth-order valence-corrected chi connectivity index (χ4v) is 2.41. The minimum atomic E-state index is -0.228. The molecule has 0 radical (unpaired) electrons. The molecule has 2 N–H and O–H groups in total. The molecule has 0 aliphatic heterocycles. The Labute approximate surface area is 115 Å². The third-order valence-corrected chi connectivity index (χ3v) is 3.79. The molecule has 19 heavy (non-hydrogen) atoms. The molecule has 1 aliphatic carbocycles. The van der Waals surface area contributed by atoms with Gasteiger partial charge in [-0.3, -0.25) is 4.90 Å². The van der Waals surface area contributed by atoms with Crippen molar-refractivity contribution in [3.8, 4) is 0 Å². The topological polar surface area (TPSA) is 29.3 Å². The highest BCUT2D eigenvalue weighted by atomic mass is 19.1. The first-order valence-electron chi connectivity index (χ1n) is 7.32. The fourth-order valence-electron chi connectivity index (χ4n) is 2.41. The van der Waals surface area contributed by atoms with Gasteiger partial charge >= 0.3 is 0 Å². The average molecular weight is 264 g/mol. The third kappa shape index (κ3) is 4.29. The van der Waals surface area contributed by atoms with Crippen LogP contribution in [0.25, 0.3) is 0 Å². The van der Waals surface area contributed by atoms with Gasteiger partial charge in [-0.05, 0) is 37.8 Å². The molecule has 0 aromatic heterocycles. The Morgan fingerprint density at radius 2 is 2.00 bits per heavy atom. The van der Waals surface area contributed by atoms with Crippen LogP contribution in [0.2, 0.25) is 0 Å². The van der Waals surface area contributed by atoms with Crippen LogP contribution in [0.15, 0.2) is 24.3 Å². The molecule has 2 rings (SSSR count). The molecule has 106 valence electrons. The zero-order valence-electron chi connectivity index (χ0n) is 12.0. The van der Waals surface area contributed by atoms with Gasteiger partial charge in [0.2, 0.25) is 0 Å². The predicted molar refractivity (Wildman–Crippen MR) is 77.4 cm³/mol. The second kappa shape index (κ2) is 6.49. The van der Waals surface area contributed by atoms with Crippen LogP contribution in [-0.2, 0) is 0 Å². The lowest BCUT2D eigenvalue weighted by atomic mass is 10.1. The molecule has 1 aromatic carbocycles. The summed E-state index contributed by atoms with van der Waals surface area (Å²) < 4.78 is 13.7. The molecule has 0 heterocycles. The molecule has 1 fully saturated rings. The van der Waals surface area contributed by atoms with E-state index in [4.69, 9.17) is 5.73 Å². The van der Waals surface area contributed by atoms with E-state index in [1.165, 1.54) is 25.3 Å². The maximum atomic E-state index is 13.7. The second-order valence-electron chi connectivity index (χ2n) is 6.04. The van der Waals surface area contributed by atoms with E-state index in [0.717, 1.165) is 13.1 Å². The van der Waals surface area contributed by atoms with E-state index in [1.54, 1.807) is 12.1 Å². The molecule has 0 bridgehead atoms. The first-order valence-corrected chi connectivity index (χ1v) is 7.32. The highest BCUT2D eigenvalue weighted by Gasteiger charge is 2.30. The van der Waals surface area contributed by atoms with Crippen LogP contribution in [0.1, 0.15) is 44.7 Å². The Morgan fingerprint density at radius 1 is 1.32 bits per heavy atom. The normalized spacial score (nSPS) is 17.2. The summed E-state index contributed by atoms with van der Waals surface area (Å²) in [4.78, 5) is 2.44. The molecule has 2 nitrogen and oxygen atoms in total. The van der Waals surface area contributed by atoms with Crippen molar-refractivity contribution < 1.29 is 4.39 Å². The number of rotatable bonds is 7. The molecule has 1 aliphatic rings. The molecule has 1 atom stereocenters. The number of nitrogens with two attached hydrogens (primary N) is 1. The Morgan fingerprint density at radius 3 is 2.58 bits per heavy atom. The van der Waals surface area contributed by atoms with E-state index in [-0.39, 0.29) is 11.9 Å². The third-order valence-electron chi connectivity index (χ3n) is 3.79. The van der Waals surface area contributed by atoms with Gasteiger partial charge in [0.1, 0.15) is 5.82 Å².